The van der Waals surface area contributed by atoms with E-state index in [9.17, 15) is 4.79 Å². The summed E-state index contributed by atoms with van der Waals surface area (Å²) in [4.78, 5) is 16.7. The predicted octanol–water partition coefficient (Wildman–Crippen LogP) is 2.68. The summed E-state index contributed by atoms with van der Waals surface area (Å²) in [5.74, 6) is 0.872. The van der Waals surface area contributed by atoms with Gasteiger partial charge in [-0.05, 0) is 25.0 Å². The fourth-order valence-electron chi connectivity index (χ4n) is 4.35. The van der Waals surface area contributed by atoms with Crippen LogP contribution in [0.2, 0.25) is 0 Å². The smallest absolute Gasteiger partial charge is 0.227 e. The van der Waals surface area contributed by atoms with E-state index in [1.54, 1.807) is 4.90 Å². The van der Waals surface area contributed by atoms with E-state index in [4.69, 9.17) is 0 Å². The van der Waals surface area contributed by atoms with Crippen LogP contribution in [0.1, 0.15) is 62.5 Å². The van der Waals surface area contributed by atoms with E-state index in [2.05, 4.69) is 44.0 Å². The van der Waals surface area contributed by atoms with Gasteiger partial charge in [0, 0.05) is 18.5 Å². The van der Waals surface area contributed by atoms with Crippen molar-refractivity contribution >= 4 is 11.6 Å². The Hall–Kier alpha value is -1.35. The lowest BCUT2D eigenvalue weighted by Gasteiger charge is -2.34. The molecule has 1 saturated heterocycles. The molecule has 3 atom stereocenters. The number of rotatable bonds is 5. The van der Waals surface area contributed by atoms with Crippen molar-refractivity contribution in [3.05, 3.63) is 29.3 Å². The zero-order valence-electron chi connectivity index (χ0n) is 14.9. The number of carbonyl (C=O) groups excluding carboxylic acids is 1. The van der Waals surface area contributed by atoms with E-state index in [1.807, 2.05) is 0 Å². The number of carbonyl (C=O) groups is 1. The first-order valence-electron chi connectivity index (χ1n) is 9.35. The number of benzene rings is 1. The lowest BCUT2D eigenvalue weighted by atomic mass is 9.89. The lowest BCUT2D eigenvalue weighted by molar-refractivity contribution is -0.886. The van der Waals surface area contributed by atoms with Crippen LogP contribution in [0.4, 0.5) is 5.69 Å². The Bertz CT molecular complexity index is 569. The quantitative estimate of drug-likeness (QED) is 0.830. The molecule has 2 aliphatic rings. The third-order valence-corrected chi connectivity index (χ3v) is 5.59. The highest BCUT2D eigenvalue weighted by Gasteiger charge is 2.45. The fourth-order valence-corrected chi connectivity index (χ4v) is 4.35. The first-order valence-corrected chi connectivity index (χ1v) is 9.35. The van der Waals surface area contributed by atoms with Crippen molar-refractivity contribution in [1.82, 2.24) is 0 Å². The van der Waals surface area contributed by atoms with E-state index >= 15 is 0 Å². The van der Waals surface area contributed by atoms with Crippen LogP contribution in [0, 0.1) is 6.92 Å². The van der Waals surface area contributed by atoms with Gasteiger partial charge in [-0.25, -0.2) is 0 Å². The van der Waals surface area contributed by atoms with E-state index < -0.39 is 0 Å². The second-order valence-electron chi connectivity index (χ2n) is 7.51. The fraction of sp³-hybridized carbons (Fsp3) is 0.650. The second-order valence-corrected chi connectivity index (χ2v) is 7.51. The monoisotopic (exact) mass is 315 g/mol. The number of hydrogen-bond donors (Lipinski definition) is 1. The van der Waals surface area contributed by atoms with Gasteiger partial charge in [0.2, 0.25) is 5.91 Å². The molecule has 1 aromatic rings. The van der Waals surface area contributed by atoms with Crippen LogP contribution in [-0.2, 0) is 4.79 Å². The Morgan fingerprint density at radius 1 is 1.30 bits per heavy atom. The van der Waals surface area contributed by atoms with Gasteiger partial charge in [-0.3, -0.25) is 4.79 Å². The molecule has 0 bridgehead atoms. The molecule has 3 nitrogen and oxygen atoms in total. The Morgan fingerprint density at radius 2 is 2.13 bits per heavy atom. The highest BCUT2D eigenvalue weighted by molar-refractivity contribution is 5.96. The highest BCUT2D eigenvalue weighted by atomic mass is 16.2. The Labute approximate surface area is 140 Å². The molecule has 0 radical (unpaired) electrons. The number of nitrogens with zero attached hydrogens (tertiary/aromatic N) is 1. The average molecular weight is 315 g/mol. The first-order chi connectivity index (χ1) is 11.1. The van der Waals surface area contributed by atoms with Gasteiger partial charge in [0.15, 0.2) is 0 Å². The van der Waals surface area contributed by atoms with Gasteiger partial charge in [-0.15, -0.1) is 0 Å². The molecule has 1 amide bonds. The molecule has 3 heteroatoms. The molecule has 3 rings (SSSR count). The van der Waals surface area contributed by atoms with Gasteiger partial charge in [0.05, 0.1) is 32.1 Å². The summed E-state index contributed by atoms with van der Waals surface area (Å²) < 4.78 is 0. The normalized spacial score (nSPS) is 26.0. The van der Waals surface area contributed by atoms with Crippen molar-refractivity contribution < 1.29 is 9.69 Å². The molecule has 2 heterocycles. The summed E-state index contributed by atoms with van der Waals surface area (Å²) in [6.07, 6.45) is 6.51. The third-order valence-electron chi connectivity index (χ3n) is 5.59. The SMILES string of the molecule is CCCCCCC(=O)N1c2ccc(C)cc2[C@H]2C[NH+](C)CC[C@H]21. The standard InChI is InChI=1S/C20H30N2O/c1-4-5-6-7-8-20(23)22-18-10-9-15(2)13-16(18)17-14-21(3)12-11-19(17)22/h9-10,13,17,19H,4-8,11-12,14H2,1-3H3/p+1/t17-,19-/m1/s1. The van der Waals surface area contributed by atoms with E-state index in [0.717, 1.165) is 19.4 Å². The van der Waals surface area contributed by atoms with Crippen LogP contribution >= 0.6 is 0 Å². The minimum atomic E-state index is 0.346. The average Bonchev–Trinajstić information content (AvgIpc) is 2.84. The van der Waals surface area contributed by atoms with Crippen LogP contribution in [-0.4, -0.2) is 32.1 Å². The predicted molar refractivity (Wildman–Crippen MR) is 95.2 cm³/mol. The molecule has 1 aromatic carbocycles. The van der Waals surface area contributed by atoms with Gasteiger partial charge in [0.1, 0.15) is 0 Å². The summed E-state index contributed by atoms with van der Waals surface area (Å²) in [6.45, 7) is 6.70. The van der Waals surface area contributed by atoms with Gasteiger partial charge in [-0.2, -0.15) is 0 Å². The van der Waals surface area contributed by atoms with E-state index in [-0.39, 0.29) is 0 Å². The maximum Gasteiger partial charge on any atom is 0.227 e. The van der Waals surface area contributed by atoms with Crippen molar-refractivity contribution in [2.45, 2.75) is 64.3 Å². The third kappa shape index (κ3) is 3.30. The van der Waals surface area contributed by atoms with Gasteiger partial charge in [0.25, 0.3) is 0 Å². The molecular weight excluding hydrogens is 284 g/mol. The van der Waals surface area contributed by atoms with Crippen molar-refractivity contribution in [2.75, 3.05) is 25.0 Å². The molecule has 0 aliphatic carbocycles. The number of likely N-dealkylation sites (tertiary alicyclic amines) is 1. The summed E-state index contributed by atoms with van der Waals surface area (Å²) >= 11 is 0. The van der Waals surface area contributed by atoms with Crippen molar-refractivity contribution in [1.29, 1.82) is 0 Å². The molecular formula is C20H31N2O+. The Kier molecular flexibility index (Phi) is 5.05. The van der Waals surface area contributed by atoms with Crippen molar-refractivity contribution in [2.24, 2.45) is 0 Å². The van der Waals surface area contributed by atoms with Crippen LogP contribution in [0.3, 0.4) is 0 Å². The lowest BCUT2D eigenvalue weighted by Crippen LogP contribution is -3.11. The topological polar surface area (TPSA) is 24.8 Å². The largest absolute Gasteiger partial charge is 0.337 e. The molecule has 0 spiro atoms. The summed E-state index contributed by atoms with van der Waals surface area (Å²) in [6, 6.07) is 7.05. The number of hydrogen-bond acceptors (Lipinski definition) is 1. The van der Waals surface area contributed by atoms with E-state index in [1.165, 1.54) is 42.6 Å². The zero-order valence-corrected chi connectivity index (χ0v) is 14.9. The van der Waals surface area contributed by atoms with Crippen LogP contribution < -0.4 is 9.80 Å². The second kappa shape index (κ2) is 7.04. The molecule has 1 N–H and O–H groups in total. The molecule has 23 heavy (non-hydrogen) atoms. The van der Waals surface area contributed by atoms with Gasteiger partial charge < -0.3 is 9.80 Å². The van der Waals surface area contributed by atoms with Crippen LogP contribution in [0.15, 0.2) is 18.2 Å². The van der Waals surface area contributed by atoms with Crippen LogP contribution in [0.5, 0.6) is 0 Å². The number of anilines is 1. The minimum absolute atomic E-state index is 0.346. The maximum absolute atomic E-state index is 12.9. The summed E-state index contributed by atoms with van der Waals surface area (Å²) in [7, 11) is 2.28. The highest BCUT2D eigenvalue weighted by Crippen LogP contribution is 2.43. The number of likely N-dealkylation sites (N-methyl/N-ethyl adjacent to an activating group) is 1. The van der Waals surface area contributed by atoms with E-state index in [0.29, 0.717) is 24.3 Å². The van der Waals surface area contributed by atoms with Crippen molar-refractivity contribution in [3.8, 4) is 0 Å². The number of amides is 1. The number of quaternary nitrogens is 1. The molecule has 2 aliphatic heterocycles. The number of nitrogens with one attached hydrogen (secondary N) is 1. The van der Waals surface area contributed by atoms with Gasteiger partial charge in [-0.1, -0.05) is 43.9 Å². The number of piperidine rings is 1. The van der Waals surface area contributed by atoms with Crippen LogP contribution in [0.25, 0.3) is 0 Å². The Morgan fingerprint density at radius 3 is 2.91 bits per heavy atom. The molecule has 1 fully saturated rings. The summed E-state index contributed by atoms with van der Waals surface area (Å²) in [5.41, 5.74) is 3.92. The molecule has 0 aromatic heterocycles. The van der Waals surface area contributed by atoms with Gasteiger partial charge >= 0.3 is 0 Å². The first kappa shape index (κ1) is 16.5. The number of unbranched alkanes of at least 4 members (excludes halogenated alkanes) is 3. The molecule has 126 valence electrons. The molecule has 1 unspecified atom stereocenters. The Balaban J connectivity index is 1.81. The maximum atomic E-state index is 12.9. The van der Waals surface area contributed by atoms with Crippen molar-refractivity contribution in [3.63, 3.8) is 0 Å². The minimum Gasteiger partial charge on any atom is -0.337 e. The number of aryl methyl sites for hydroxylation is 1. The zero-order chi connectivity index (χ0) is 16.4. The molecule has 0 saturated carbocycles. The number of fused-ring (bicyclic) bond motifs is 3. The summed E-state index contributed by atoms with van der Waals surface area (Å²) in [5, 5.41) is 0.